The average molecular weight is 783 g/mol. The number of hydrogen-bond acceptors (Lipinski definition) is 7. The molecule has 1 fully saturated rings. The summed E-state index contributed by atoms with van der Waals surface area (Å²) in [5.74, 6) is -1.31. The fraction of sp³-hybridized carbons (Fsp3) is 0.647. The molecule has 46 heavy (non-hydrogen) atoms. The molecule has 2 atom stereocenters. The van der Waals surface area contributed by atoms with Crippen LogP contribution >= 0.6 is 0 Å². The van der Waals surface area contributed by atoms with Crippen LogP contribution in [0.1, 0.15) is 103 Å². The van der Waals surface area contributed by atoms with E-state index in [4.69, 9.17) is 4.74 Å². The van der Waals surface area contributed by atoms with E-state index in [9.17, 15) is 28.8 Å². The summed E-state index contributed by atoms with van der Waals surface area (Å²) in [5, 5.41) is 10.6. The Labute approximate surface area is 372 Å². The summed E-state index contributed by atoms with van der Waals surface area (Å²) in [6, 6.07) is 6.62. The average Bonchev–Trinajstić information content (AvgIpc) is 3.00. The second-order valence-corrected chi connectivity index (χ2v) is 11.4. The molecule has 1 saturated carbocycles. The van der Waals surface area contributed by atoms with Crippen molar-refractivity contribution in [3.63, 3.8) is 0 Å². The molecule has 0 aliphatic heterocycles. The van der Waals surface area contributed by atoms with Crippen LogP contribution in [0.2, 0.25) is 0 Å². The van der Waals surface area contributed by atoms with Gasteiger partial charge in [0.2, 0.25) is 5.91 Å². The van der Waals surface area contributed by atoms with Crippen LogP contribution in [0.5, 0.6) is 0 Å². The maximum Gasteiger partial charge on any atom is 1.00 e. The van der Waals surface area contributed by atoms with Crippen LogP contribution in [0, 0.1) is 11.8 Å². The molecular weight excluding hydrogens is 733 g/mol. The van der Waals surface area contributed by atoms with Crippen molar-refractivity contribution in [1.29, 1.82) is 0 Å². The Kier molecular flexibility index (Phi) is 28.1. The number of unbranched alkanes of at least 4 members (excludes halogenated alkanes) is 1. The maximum absolute atomic E-state index is 12.5. The van der Waals surface area contributed by atoms with E-state index in [1.165, 1.54) is 0 Å². The van der Waals surface area contributed by atoms with Gasteiger partial charge in [-0.2, -0.15) is 0 Å². The normalized spacial score (nSPS) is 14.7. The van der Waals surface area contributed by atoms with E-state index < -0.39 is 24.2 Å². The third kappa shape index (κ3) is 20.0. The number of carbonyl (C=O) groups excluding carboxylic acids is 6. The van der Waals surface area contributed by atoms with Gasteiger partial charge in [-0.15, -0.1) is 12.2 Å². The van der Waals surface area contributed by atoms with Gasteiger partial charge in [-0.05, 0) is 44.1 Å². The number of ketones is 3. The fourth-order valence-electron chi connectivity index (χ4n) is 5.31. The SMILES string of the molecule is CCCC(CCCCNC(=O)CCCOCC[N-]C(=O)CC(=O)[N-]c1ccc(CC(=O)C2CCCCC2=O)cc1)C(=O)CC.[Rb+].[Rb+]. The fourth-order valence-corrected chi connectivity index (χ4v) is 5.31. The number of amides is 3. The first-order valence-electron chi connectivity index (χ1n) is 16.2. The van der Waals surface area contributed by atoms with Gasteiger partial charge in [0.05, 0.1) is 17.7 Å². The zero-order valence-electron chi connectivity index (χ0n) is 28.4. The van der Waals surface area contributed by atoms with Crippen LogP contribution in [-0.4, -0.2) is 61.4 Å². The van der Waals surface area contributed by atoms with Crippen LogP contribution in [0.4, 0.5) is 5.69 Å². The number of rotatable bonds is 22. The van der Waals surface area contributed by atoms with Gasteiger partial charge in [0, 0.05) is 57.8 Å². The van der Waals surface area contributed by atoms with Gasteiger partial charge in [-0.25, -0.2) is 0 Å². The van der Waals surface area contributed by atoms with Crippen molar-refractivity contribution < 1.29 is 150 Å². The molecule has 2 rings (SSSR count). The molecule has 10 nitrogen and oxygen atoms in total. The van der Waals surface area contributed by atoms with E-state index >= 15 is 0 Å². The largest absolute Gasteiger partial charge is 1.00 e. The summed E-state index contributed by atoms with van der Waals surface area (Å²) in [6.45, 7) is 5.28. The van der Waals surface area contributed by atoms with E-state index in [2.05, 4.69) is 22.9 Å². The summed E-state index contributed by atoms with van der Waals surface area (Å²) < 4.78 is 5.43. The number of Topliss-reactive ketones (excluding diaryl/α,β-unsaturated/α-hetero) is 3. The van der Waals surface area contributed by atoms with E-state index in [-0.39, 0.29) is 159 Å². The van der Waals surface area contributed by atoms with Gasteiger partial charge < -0.3 is 30.3 Å². The molecule has 0 heterocycles. The minimum Gasteiger partial charge on any atom is -0.651 e. The molecule has 1 N–H and O–H groups in total. The van der Waals surface area contributed by atoms with E-state index in [1.54, 1.807) is 24.3 Å². The Morgan fingerprint density at radius 2 is 1.67 bits per heavy atom. The molecule has 1 aromatic carbocycles. The molecular formula is C34H49N3O7Rb2. The van der Waals surface area contributed by atoms with Crippen molar-refractivity contribution >= 4 is 40.8 Å². The van der Waals surface area contributed by atoms with Gasteiger partial charge in [-0.1, -0.05) is 57.4 Å². The number of ether oxygens (including phenoxy) is 1. The standard InChI is InChI=1S/C34H51N3O7.2Rb/c1-3-10-26(29(38)4-2)11-7-8-19-35-32(41)14-9-21-44-22-20-36-33(42)24-34(43)37-27-17-15-25(16-18-27)23-31(40)28-12-5-6-13-30(28)39;;/h15-18,26,28H,3-14,19-24H2,1-2H3,(H3,35,36,37,41,42,43);;/q;2*+1/p-2. The molecule has 0 spiro atoms. The first-order chi connectivity index (χ1) is 21.2. The Bertz CT molecular complexity index is 1100. The van der Waals surface area contributed by atoms with Crippen molar-refractivity contribution in [3.8, 4) is 0 Å². The molecule has 0 bridgehead atoms. The van der Waals surface area contributed by atoms with Crippen LogP contribution in [0.25, 0.3) is 10.6 Å². The smallest absolute Gasteiger partial charge is 0.651 e. The predicted octanol–water partition coefficient (Wildman–Crippen LogP) is -0.134. The van der Waals surface area contributed by atoms with Gasteiger partial charge in [0.25, 0.3) is 0 Å². The second-order valence-electron chi connectivity index (χ2n) is 11.4. The van der Waals surface area contributed by atoms with E-state index in [0.29, 0.717) is 56.7 Å². The van der Waals surface area contributed by atoms with Gasteiger partial charge in [0.15, 0.2) is 0 Å². The van der Waals surface area contributed by atoms with Crippen LogP contribution in [-0.2, 0) is 39.9 Å². The summed E-state index contributed by atoms with van der Waals surface area (Å²) in [4.78, 5) is 72.6. The van der Waals surface area contributed by atoms with Gasteiger partial charge >= 0.3 is 116 Å². The van der Waals surface area contributed by atoms with Crippen molar-refractivity contribution in [1.82, 2.24) is 5.32 Å². The second kappa shape index (κ2) is 28.0. The number of nitrogens with one attached hydrogen (secondary N) is 1. The Hall–Kier alpha value is 0.210. The predicted molar refractivity (Wildman–Crippen MR) is 169 cm³/mol. The maximum atomic E-state index is 12.5. The Balaban J connectivity index is 0.0000101. The summed E-state index contributed by atoms with van der Waals surface area (Å²) >= 11 is 0. The van der Waals surface area contributed by atoms with Gasteiger partial charge in [-0.3, -0.25) is 19.2 Å². The summed E-state index contributed by atoms with van der Waals surface area (Å²) in [7, 11) is 0. The number of hydrogen-bond donors (Lipinski definition) is 1. The number of nitrogens with zero attached hydrogens (tertiary/aromatic N) is 2. The van der Waals surface area contributed by atoms with Crippen molar-refractivity contribution in [3.05, 3.63) is 40.5 Å². The monoisotopic (exact) mass is 781 g/mol. The quantitative estimate of drug-likeness (QED) is 0.127. The van der Waals surface area contributed by atoms with Gasteiger partial charge in [0.1, 0.15) is 17.3 Å². The van der Waals surface area contributed by atoms with E-state index in [0.717, 1.165) is 50.5 Å². The molecule has 1 aromatic rings. The van der Waals surface area contributed by atoms with Crippen LogP contribution in [0.15, 0.2) is 24.3 Å². The third-order valence-electron chi connectivity index (χ3n) is 7.77. The van der Waals surface area contributed by atoms with Crippen LogP contribution in [0.3, 0.4) is 0 Å². The summed E-state index contributed by atoms with van der Waals surface area (Å²) in [6.07, 6.45) is 8.62. The zero-order chi connectivity index (χ0) is 32.2. The van der Waals surface area contributed by atoms with Crippen molar-refractivity contribution in [2.75, 3.05) is 26.3 Å². The first kappa shape index (κ1) is 46.2. The molecule has 0 saturated heterocycles. The molecule has 0 aromatic heterocycles. The zero-order valence-corrected chi connectivity index (χ0v) is 38.3. The molecule has 0 radical (unpaired) electrons. The molecule has 12 heteroatoms. The minimum absolute atomic E-state index is 0. The van der Waals surface area contributed by atoms with Crippen LogP contribution < -0.4 is 122 Å². The number of benzene rings is 1. The molecule has 244 valence electrons. The summed E-state index contributed by atoms with van der Waals surface area (Å²) in [5.41, 5.74) is 1.13. The minimum atomic E-state index is -0.613. The topological polar surface area (TPSA) is 152 Å². The van der Waals surface area contributed by atoms with Crippen molar-refractivity contribution in [2.24, 2.45) is 11.8 Å². The molecule has 2 unspecified atom stereocenters. The Morgan fingerprint density at radius 3 is 2.35 bits per heavy atom. The van der Waals surface area contributed by atoms with Crippen molar-refractivity contribution in [2.45, 2.75) is 104 Å². The molecule has 1 aliphatic carbocycles. The molecule has 1 aliphatic rings. The Morgan fingerprint density at radius 1 is 0.935 bits per heavy atom. The third-order valence-corrected chi connectivity index (χ3v) is 7.77. The molecule has 3 amide bonds. The number of carbonyl (C=O) groups is 6. The first-order valence-corrected chi connectivity index (χ1v) is 16.2. The van der Waals surface area contributed by atoms with E-state index in [1.807, 2.05) is 6.92 Å².